The van der Waals surface area contributed by atoms with Gasteiger partial charge in [-0.2, -0.15) is 0 Å². The molecule has 1 atom stereocenters. The van der Waals surface area contributed by atoms with Gasteiger partial charge in [0.25, 0.3) is 0 Å². The summed E-state index contributed by atoms with van der Waals surface area (Å²) in [5, 5.41) is 3.64. The SMILES string of the molecule is CC(C)(C)CNC1CC(C)(C)OC1(C)C. The molecule has 1 rings (SSSR count). The lowest BCUT2D eigenvalue weighted by Crippen LogP contribution is -2.46. The Morgan fingerprint density at radius 3 is 2.07 bits per heavy atom. The normalized spacial score (nSPS) is 29.4. The average molecular weight is 213 g/mol. The summed E-state index contributed by atoms with van der Waals surface area (Å²) < 4.78 is 6.05. The van der Waals surface area contributed by atoms with Gasteiger partial charge in [-0.3, -0.25) is 0 Å². The summed E-state index contributed by atoms with van der Waals surface area (Å²) in [4.78, 5) is 0. The Bertz CT molecular complexity index is 225. The van der Waals surface area contributed by atoms with E-state index in [0.717, 1.165) is 13.0 Å². The van der Waals surface area contributed by atoms with Gasteiger partial charge in [-0.1, -0.05) is 20.8 Å². The number of hydrogen-bond acceptors (Lipinski definition) is 2. The van der Waals surface area contributed by atoms with Crippen molar-refractivity contribution in [3.63, 3.8) is 0 Å². The molecular formula is C13H27NO. The van der Waals surface area contributed by atoms with E-state index in [0.29, 0.717) is 11.5 Å². The number of hydrogen-bond donors (Lipinski definition) is 1. The lowest BCUT2D eigenvalue weighted by molar-refractivity contribution is -0.0701. The zero-order chi connectivity index (χ0) is 11.9. The van der Waals surface area contributed by atoms with Gasteiger partial charge in [-0.25, -0.2) is 0 Å². The summed E-state index contributed by atoms with van der Waals surface area (Å²) >= 11 is 0. The van der Waals surface area contributed by atoms with Crippen LogP contribution < -0.4 is 5.32 Å². The van der Waals surface area contributed by atoms with Gasteiger partial charge in [0.2, 0.25) is 0 Å². The molecule has 1 heterocycles. The predicted octanol–water partition coefficient (Wildman–Crippen LogP) is 2.97. The highest BCUT2D eigenvalue weighted by Gasteiger charge is 2.45. The minimum absolute atomic E-state index is 0.0129. The molecule has 1 fully saturated rings. The van der Waals surface area contributed by atoms with Crippen LogP contribution in [0.2, 0.25) is 0 Å². The first-order valence-corrected chi connectivity index (χ1v) is 5.95. The highest BCUT2D eigenvalue weighted by Crippen LogP contribution is 2.37. The third kappa shape index (κ3) is 3.76. The summed E-state index contributed by atoms with van der Waals surface area (Å²) in [6.45, 7) is 16.5. The zero-order valence-corrected chi connectivity index (χ0v) is 11.4. The molecule has 15 heavy (non-hydrogen) atoms. The maximum atomic E-state index is 6.05. The van der Waals surface area contributed by atoms with Gasteiger partial charge < -0.3 is 10.1 Å². The largest absolute Gasteiger partial charge is 0.368 e. The van der Waals surface area contributed by atoms with Gasteiger partial charge in [0.1, 0.15) is 0 Å². The van der Waals surface area contributed by atoms with E-state index in [2.05, 4.69) is 53.8 Å². The van der Waals surface area contributed by atoms with E-state index in [1.807, 2.05) is 0 Å². The van der Waals surface area contributed by atoms with Crippen molar-refractivity contribution in [3.8, 4) is 0 Å². The van der Waals surface area contributed by atoms with Gasteiger partial charge >= 0.3 is 0 Å². The van der Waals surface area contributed by atoms with Crippen LogP contribution in [-0.2, 0) is 4.74 Å². The highest BCUT2D eigenvalue weighted by atomic mass is 16.5. The third-order valence-electron chi connectivity index (χ3n) is 2.95. The Kier molecular flexibility index (Phi) is 3.24. The fourth-order valence-electron chi connectivity index (χ4n) is 2.31. The summed E-state index contributed by atoms with van der Waals surface area (Å²) in [7, 11) is 0. The molecule has 1 N–H and O–H groups in total. The number of nitrogens with one attached hydrogen (secondary N) is 1. The van der Waals surface area contributed by atoms with Crippen LogP contribution in [0.5, 0.6) is 0 Å². The lowest BCUT2D eigenvalue weighted by atomic mass is 9.91. The molecule has 0 aromatic heterocycles. The lowest BCUT2D eigenvalue weighted by Gasteiger charge is -2.30. The molecule has 1 unspecified atom stereocenters. The molecule has 2 heteroatoms. The Morgan fingerprint density at radius 1 is 1.20 bits per heavy atom. The van der Waals surface area contributed by atoms with Crippen LogP contribution >= 0.6 is 0 Å². The standard InChI is InChI=1S/C13H27NO/c1-11(2,3)9-14-10-8-12(4,5)15-13(10,6)7/h10,14H,8-9H2,1-7H3. The molecule has 1 aliphatic rings. The molecule has 0 spiro atoms. The Labute approximate surface area is 94.8 Å². The number of ether oxygens (including phenoxy) is 1. The topological polar surface area (TPSA) is 21.3 Å². The van der Waals surface area contributed by atoms with E-state index in [1.165, 1.54) is 0 Å². The van der Waals surface area contributed by atoms with Crippen molar-refractivity contribution in [1.82, 2.24) is 5.32 Å². The summed E-state index contributed by atoms with van der Waals surface area (Å²) in [5.41, 5.74) is 0.302. The molecule has 90 valence electrons. The molecule has 1 aliphatic heterocycles. The van der Waals surface area contributed by atoms with E-state index in [-0.39, 0.29) is 11.2 Å². The highest BCUT2D eigenvalue weighted by molar-refractivity contribution is 4.99. The van der Waals surface area contributed by atoms with E-state index in [9.17, 15) is 0 Å². The summed E-state index contributed by atoms with van der Waals surface area (Å²) in [5.74, 6) is 0. The summed E-state index contributed by atoms with van der Waals surface area (Å²) in [6.07, 6.45) is 1.09. The van der Waals surface area contributed by atoms with Crippen molar-refractivity contribution in [2.24, 2.45) is 5.41 Å². The fourth-order valence-corrected chi connectivity index (χ4v) is 2.31. The fraction of sp³-hybridized carbons (Fsp3) is 1.00. The van der Waals surface area contributed by atoms with E-state index < -0.39 is 0 Å². The van der Waals surface area contributed by atoms with Crippen LogP contribution in [0.1, 0.15) is 54.9 Å². The first-order valence-electron chi connectivity index (χ1n) is 5.95. The molecule has 0 radical (unpaired) electrons. The van der Waals surface area contributed by atoms with E-state index in [4.69, 9.17) is 4.74 Å². The average Bonchev–Trinajstić information content (AvgIpc) is 2.13. The minimum Gasteiger partial charge on any atom is -0.368 e. The smallest absolute Gasteiger partial charge is 0.0787 e. The second-order valence-corrected chi connectivity index (χ2v) is 7.16. The molecular weight excluding hydrogens is 186 g/mol. The van der Waals surface area contributed by atoms with Crippen molar-refractivity contribution < 1.29 is 4.74 Å². The maximum absolute atomic E-state index is 6.05. The van der Waals surface area contributed by atoms with Crippen LogP contribution in [0, 0.1) is 5.41 Å². The van der Waals surface area contributed by atoms with Gasteiger partial charge in [0.05, 0.1) is 11.2 Å². The molecule has 0 aromatic carbocycles. The first-order chi connectivity index (χ1) is 6.52. The van der Waals surface area contributed by atoms with Crippen LogP contribution in [0.25, 0.3) is 0 Å². The van der Waals surface area contributed by atoms with E-state index in [1.54, 1.807) is 0 Å². The molecule has 2 nitrogen and oxygen atoms in total. The van der Waals surface area contributed by atoms with Gasteiger partial charge in [0.15, 0.2) is 0 Å². The Hall–Kier alpha value is -0.0800. The number of rotatable bonds is 2. The summed E-state index contributed by atoms with van der Waals surface area (Å²) in [6, 6.07) is 0.465. The first kappa shape index (κ1) is 13.0. The van der Waals surface area contributed by atoms with Crippen molar-refractivity contribution in [2.45, 2.75) is 72.1 Å². The maximum Gasteiger partial charge on any atom is 0.0787 e. The van der Waals surface area contributed by atoms with E-state index >= 15 is 0 Å². The molecule has 0 bridgehead atoms. The minimum atomic E-state index is -0.0469. The van der Waals surface area contributed by atoms with Crippen molar-refractivity contribution in [3.05, 3.63) is 0 Å². The van der Waals surface area contributed by atoms with Crippen molar-refractivity contribution in [2.75, 3.05) is 6.54 Å². The van der Waals surface area contributed by atoms with Crippen LogP contribution in [0.15, 0.2) is 0 Å². The van der Waals surface area contributed by atoms with Gasteiger partial charge in [0, 0.05) is 12.6 Å². The van der Waals surface area contributed by atoms with Crippen molar-refractivity contribution in [1.29, 1.82) is 0 Å². The van der Waals surface area contributed by atoms with Crippen LogP contribution in [-0.4, -0.2) is 23.8 Å². The van der Waals surface area contributed by atoms with Crippen LogP contribution in [0.4, 0.5) is 0 Å². The third-order valence-corrected chi connectivity index (χ3v) is 2.95. The predicted molar refractivity (Wildman–Crippen MR) is 65.1 cm³/mol. The van der Waals surface area contributed by atoms with Gasteiger partial charge in [-0.15, -0.1) is 0 Å². The molecule has 0 aliphatic carbocycles. The monoisotopic (exact) mass is 213 g/mol. The second-order valence-electron chi connectivity index (χ2n) is 7.16. The Balaban J connectivity index is 2.56. The van der Waals surface area contributed by atoms with Crippen LogP contribution in [0.3, 0.4) is 0 Å². The second kappa shape index (κ2) is 3.74. The molecule has 0 amide bonds. The zero-order valence-electron chi connectivity index (χ0n) is 11.4. The molecule has 1 saturated heterocycles. The van der Waals surface area contributed by atoms with Gasteiger partial charge in [-0.05, 0) is 39.5 Å². The molecule has 0 saturated carbocycles. The van der Waals surface area contributed by atoms with Crippen molar-refractivity contribution >= 4 is 0 Å². The quantitative estimate of drug-likeness (QED) is 0.761. The molecule has 0 aromatic rings. The Morgan fingerprint density at radius 2 is 1.73 bits per heavy atom.